The van der Waals surface area contributed by atoms with Gasteiger partial charge in [0.05, 0.1) is 16.5 Å². The van der Waals surface area contributed by atoms with Gasteiger partial charge in [0.2, 0.25) is 5.78 Å². The van der Waals surface area contributed by atoms with Gasteiger partial charge < -0.3 is 10.4 Å². The first-order valence-electron chi connectivity index (χ1n) is 10.9. The average Bonchev–Trinajstić information content (AvgIpc) is 3.35. The molecule has 1 aliphatic carbocycles. The number of aromatic nitrogens is 2. The van der Waals surface area contributed by atoms with Gasteiger partial charge in [-0.25, -0.2) is 9.97 Å². The third-order valence-electron chi connectivity index (χ3n) is 5.80. The summed E-state index contributed by atoms with van der Waals surface area (Å²) in [7, 11) is -2.70. The van der Waals surface area contributed by atoms with E-state index >= 15 is 0 Å². The number of rotatable bonds is 9. The molecule has 1 aliphatic rings. The lowest BCUT2D eigenvalue weighted by atomic mass is 10.0. The van der Waals surface area contributed by atoms with Crippen LogP contribution in [0.3, 0.4) is 0 Å². The molecular weight excluding hydrogens is 556 g/mol. The molecule has 0 unspecified atom stereocenters. The number of halogens is 1. The van der Waals surface area contributed by atoms with E-state index in [0.29, 0.717) is 22.7 Å². The molecule has 186 valence electrons. The minimum absolute atomic E-state index is 0.203. The topological polar surface area (TPSA) is 131 Å². The number of thiophene rings is 1. The molecule has 1 saturated carbocycles. The van der Waals surface area contributed by atoms with Gasteiger partial charge in [-0.15, -0.1) is 11.3 Å². The Bertz CT molecular complexity index is 1330. The third-order valence-corrected chi connectivity index (χ3v) is 8.38. The summed E-state index contributed by atoms with van der Waals surface area (Å²) in [6.07, 6.45) is 2.12. The Morgan fingerprint density at radius 1 is 1.31 bits per heavy atom. The first-order chi connectivity index (χ1) is 16.6. The average molecular weight is 582 g/mol. The molecule has 2 heterocycles. The van der Waals surface area contributed by atoms with Gasteiger partial charge in [-0.05, 0) is 55.5 Å². The van der Waals surface area contributed by atoms with Crippen LogP contribution in [0.2, 0.25) is 0 Å². The minimum atomic E-state index is -3.94. The lowest BCUT2D eigenvalue weighted by Crippen LogP contribution is -2.31. The van der Waals surface area contributed by atoms with Crippen LogP contribution in [0.5, 0.6) is 0 Å². The van der Waals surface area contributed by atoms with Crippen molar-refractivity contribution in [3.63, 3.8) is 0 Å². The van der Waals surface area contributed by atoms with Crippen molar-refractivity contribution >= 4 is 49.2 Å². The number of nitrogens with zero attached hydrogens (tertiary/aromatic N) is 2. The van der Waals surface area contributed by atoms with Gasteiger partial charge in [-0.2, -0.15) is 13.1 Å². The Morgan fingerprint density at radius 3 is 2.86 bits per heavy atom. The molecule has 1 fully saturated rings. The standard InChI is InChI=1S/C23H25BrN4O5S2/c1-13-15(6-14-4-3-5-16(24)7-14)8-21(34-13)22(30)18-11-26-12-27-23(18)28-17-9-19(29)20(10-17)33-35(31,32)25-2/h3-5,7-8,11-12,17,19-20,25,29H,6,9-10H2,1-2H3,(H,26,27,28)/t17-,19+,20-/m1/s1. The van der Waals surface area contributed by atoms with Gasteiger partial charge in [0.1, 0.15) is 18.2 Å². The van der Waals surface area contributed by atoms with E-state index in [2.05, 4.69) is 42.0 Å². The molecule has 0 radical (unpaired) electrons. The van der Waals surface area contributed by atoms with Gasteiger partial charge in [0.15, 0.2) is 0 Å². The van der Waals surface area contributed by atoms with Gasteiger partial charge in [-0.3, -0.25) is 8.98 Å². The number of aryl methyl sites for hydroxylation is 1. The molecule has 3 atom stereocenters. The molecule has 0 amide bonds. The number of carbonyl (C=O) groups excluding carboxylic acids is 1. The van der Waals surface area contributed by atoms with E-state index in [1.165, 1.54) is 30.9 Å². The highest BCUT2D eigenvalue weighted by Gasteiger charge is 2.37. The number of aliphatic hydroxyl groups is 1. The molecule has 9 nitrogen and oxygen atoms in total. The Hall–Kier alpha value is -2.22. The summed E-state index contributed by atoms with van der Waals surface area (Å²) in [5.74, 6) is 0.129. The van der Waals surface area contributed by atoms with Gasteiger partial charge in [-0.1, -0.05) is 28.1 Å². The van der Waals surface area contributed by atoms with Crippen molar-refractivity contribution in [2.24, 2.45) is 0 Å². The number of nitrogens with one attached hydrogen (secondary N) is 2. The molecule has 1 aromatic carbocycles. The van der Waals surface area contributed by atoms with E-state index in [9.17, 15) is 18.3 Å². The van der Waals surface area contributed by atoms with Crippen LogP contribution >= 0.6 is 27.3 Å². The molecule has 3 N–H and O–H groups in total. The molecule has 0 saturated heterocycles. The quantitative estimate of drug-likeness (QED) is 0.329. The Morgan fingerprint density at radius 2 is 2.11 bits per heavy atom. The second-order valence-corrected chi connectivity index (χ2v) is 12.0. The largest absolute Gasteiger partial charge is 0.390 e. The molecule has 4 rings (SSSR count). The Balaban J connectivity index is 1.50. The first kappa shape index (κ1) is 25.9. The first-order valence-corrected chi connectivity index (χ1v) is 13.9. The van der Waals surface area contributed by atoms with Crippen LogP contribution in [0, 0.1) is 6.92 Å². The highest BCUT2D eigenvalue weighted by Crippen LogP contribution is 2.30. The van der Waals surface area contributed by atoms with Gasteiger partial charge in [0, 0.05) is 28.6 Å². The predicted octanol–water partition coefficient (Wildman–Crippen LogP) is 3.22. The normalized spacial score (nSPS) is 20.2. The van der Waals surface area contributed by atoms with E-state index in [-0.39, 0.29) is 24.7 Å². The van der Waals surface area contributed by atoms with Crippen LogP contribution in [0.25, 0.3) is 0 Å². The summed E-state index contributed by atoms with van der Waals surface area (Å²) in [5.41, 5.74) is 2.53. The van der Waals surface area contributed by atoms with Crippen LogP contribution in [0.4, 0.5) is 5.82 Å². The van der Waals surface area contributed by atoms with Crippen molar-refractivity contribution in [2.45, 2.75) is 44.4 Å². The van der Waals surface area contributed by atoms with Crippen molar-refractivity contribution in [1.82, 2.24) is 14.7 Å². The number of hydrogen-bond acceptors (Lipinski definition) is 9. The number of ketones is 1. The maximum Gasteiger partial charge on any atom is 0.335 e. The zero-order valence-electron chi connectivity index (χ0n) is 19.1. The second-order valence-electron chi connectivity index (χ2n) is 8.29. The number of aliphatic hydroxyl groups excluding tert-OH is 1. The number of carbonyl (C=O) groups is 1. The lowest BCUT2D eigenvalue weighted by molar-refractivity contribution is 0.0636. The van der Waals surface area contributed by atoms with Crippen molar-refractivity contribution in [1.29, 1.82) is 0 Å². The fourth-order valence-electron chi connectivity index (χ4n) is 4.02. The van der Waals surface area contributed by atoms with E-state index in [0.717, 1.165) is 20.5 Å². The van der Waals surface area contributed by atoms with Crippen LogP contribution < -0.4 is 10.0 Å². The lowest BCUT2D eigenvalue weighted by Gasteiger charge is -2.15. The zero-order valence-corrected chi connectivity index (χ0v) is 22.3. The maximum atomic E-state index is 13.4. The smallest absolute Gasteiger partial charge is 0.335 e. The van der Waals surface area contributed by atoms with Crippen LogP contribution in [0.15, 0.2) is 47.3 Å². The van der Waals surface area contributed by atoms with Crippen molar-refractivity contribution in [3.8, 4) is 0 Å². The van der Waals surface area contributed by atoms with E-state index in [4.69, 9.17) is 4.18 Å². The second kappa shape index (κ2) is 10.8. The zero-order chi connectivity index (χ0) is 25.2. The summed E-state index contributed by atoms with van der Waals surface area (Å²) in [6, 6.07) is 9.63. The van der Waals surface area contributed by atoms with Gasteiger partial charge >= 0.3 is 10.3 Å². The molecule has 0 bridgehead atoms. The van der Waals surface area contributed by atoms with Crippen molar-refractivity contribution in [2.75, 3.05) is 12.4 Å². The third kappa shape index (κ3) is 6.32. The fraction of sp³-hybridized carbons (Fsp3) is 0.348. The predicted molar refractivity (Wildman–Crippen MR) is 137 cm³/mol. The number of hydrogen-bond donors (Lipinski definition) is 3. The summed E-state index contributed by atoms with van der Waals surface area (Å²) >= 11 is 4.92. The minimum Gasteiger partial charge on any atom is -0.390 e. The molecule has 35 heavy (non-hydrogen) atoms. The monoisotopic (exact) mass is 580 g/mol. The number of anilines is 1. The fourth-order valence-corrected chi connectivity index (χ4v) is 6.09. The molecule has 3 aromatic rings. The van der Waals surface area contributed by atoms with Gasteiger partial charge in [0.25, 0.3) is 0 Å². The highest BCUT2D eigenvalue weighted by atomic mass is 79.9. The molecule has 0 spiro atoms. The number of benzene rings is 1. The van der Waals surface area contributed by atoms with Crippen LogP contribution in [0.1, 0.15) is 44.1 Å². The SMILES string of the molecule is CNS(=O)(=O)O[C@@H]1C[C@H](Nc2ncncc2C(=O)c2cc(Cc3cccc(Br)c3)c(C)s2)C[C@@H]1O. The molecule has 12 heteroatoms. The Labute approximate surface area is 216 Å². The molecular formula is C23H25BrN4O5S2. The van der Waals surface area contributed by atoms with Crippen molar-refractivity contribution < 1.29 is 22.5 Å². The molecule has 0 aliphatic heterocycles. The van der Waals surface area contributed by atoms with E-state index in [1.54, 1.807) is 0 Å². The summed E-state index contributed by atoms with van der Waals surface area (Å²) in [5, 5.41) is 13.4. The summed E-state index contributed by atoms with van der Waals surface area (Å²) < 4.78 is 31.5. The van der Waals surface area contributed by atoms with Crippen LogP contribution in [-0.4, -0.2) is 54.6 Å². The summed E-state index contributed by atoms with van der Waals surface area (Å²) in [4.78, 5) is 23.3. The van der Waals surface area contributed by atoms with E-state index < -0.39 is 22.5 Å². The summed E-state index contributed by atoms with van der Waals surface area (Å²) in [6.45, 7) is 1.99. The van der Waals surface area contributed by atoms with Crippen LogP contribution in [-0.2, 0) is 20.9 Å². The Kier molecular flexibility index (Phi) is 7.99. The van der Waals surface area contributed by atoms with E-state index in [1.807, 2.05) is 31.2 Å². The maximum absolute atomic E-state index is 13.4. The highest BCUT2D eigenvalue weighted by molar-refractivity contribution is 9.10. The molecule has 2 aromatic heterocycles. The van der Waals surface area contributed by atoms with Crippen molar-refractivity contribution in [3.05, 3.63) is 73.8 Å².